The highest BCUT2D eigenvalue weighted by Crippen LogP contribution is 2.32. The van der Waals surface area contributed by atoms with E-state index in [2.05, 4.69) is 23.2 Å². The number of hydrogen-bond acceptors (Lipinski definition) is 2. The molecule has 0 aliphatic heterocycles. The summed E-state index contributed by atoms with van der Waals surface area (Å²) in [7, 11) is 0. The molecule has 0 amide bonds. The zero-order valence-electron chi connectivity index (χ0n) is 9.18. The Bertz CT molecular complexity index is 625. The van der Waals surface area contributed by atoms with Gasteiger partial charge in [-0.3, -0.25) is 0 Å². The van der Waals surface area contributed by atoms with E-state index in [1.165, 1.54) is 5.39 Å². The van der Waals surface area contributed by atoms with E-state index in [-0.39, 0.29) is 0 Å². The van der Waals surface area contributed by atoms with Crippen molar-refractivity contribution in [2.24, 2.45) is 0 Å². The van der Waals surface area contributed by atoms with E-state index in [1.54, 1.807) is 11.8 Å². The fourth-order valence-corrected chi connectivity index (χ4v) is 2.71. The van der Waals surface area contributed by atoms with Gasteiger partial charge in [-0.1, -0.05) is 42.1 Å². The lowest BCUT2D eigenvalue weighted by atomic mass is 10.3. The topological polar surface area (TPSA) is 41.8 Å². The predicted octanol–water partition coefficient (Wildman–Crippen LogP) is 3.90. The molecule has 0 bridgehead atoms. The van der Waals surface area contributed by atoms with Crippen molar-refractivity contribution >= 4 is 28.4 Å². The molecule has 0 aliphatic rings. The molecule has 3 aromatic rings. The Labute approximate surface area is 104 Å². The van der Waals surface area contributed by atoms with Crippen LogP contribution in [0.3, 0.4) is 0 Å². The number of hydrogen-bond donors (Lipinski definition) is 2. The first-order valence-corrected chi connectivity index (χ1v) is 6.25. The number of aromatic amines is 1. The van der Waals surface area contributed by atoms with E-state index in [0.29, 0.717) is 0 Å². The maximum absolute atomic E-state index is 5.93. The molecule has 0 spiro atoms. The zero-order chi connectivity index (χ0) is 11.7. The van der Waals surface area contributed by atoms with Crippen molar-refractivity contribution in [2.75, 3.05) is 5.73 Å². The summed E-state index contributed by atoms with van der Waals surface area (Å²) in [6.07, 6.45) is 0. The van der Waals surface area contributed by atoms with Crippen molar-refractivity contribution in [3.63, 3.8) is 0 Å². The van der Waals surface area contributed by atoms with Crippen LogP contribution < -0.4 is 5.73 Å². The number of nitrogens with one attached hydrogen (secondary N) is 1. The minimum Gasteiger partial charge on any atom is -0.398 e. The van der Waals surface area contributed by atoms with Crippen molar-refractivity contribution in [1.82, 2.24) is 4.98 Å². The summed E-state index contributed by atoms with van der Waals surface area (Å²) < 4.78 is 0. The van der Waals surface area contributed by atoms with Crippen LogP contribution in [-0.2, 0) is 0 Å². The Morgan fingerprint density at radius 1 is 0.941 bits per heavy atom. The Kier molecular flexibility index (Phi) is 2.53. The van der Waals surface area contributed by atoms with E-state index >= 15 is 0 Å². The van der Waals surface area contributed by atoms with E-state index in [9.17, 15) is 0 Å². The number of H-pyrrole nitrogens is 1. The molecule has 0 radical (unpaired) electrons. The number of anilines is 1. The Morgan fingerprint density at radius 3 is 2.53 bits per heavy atom. The molecule has 0 atom stereocenters. The third-order valence-corrected chi connectivity index (χ3v) is 3.68. The summed E-state index contributed by atoms with van der Waals surface area (Å²) in [5.41, 5.74) is 7.90. The van der Waals surface area contributed by atoms with Gasteiger partial charge in [-0.05, 0) is 24.3 Å². The number of para-hydroxylation sites is 2. The number of aromatic nitrogens is 1. The second-order valence-corrected chi connectivity index (χ2v) is 4.94. The molecule has 2 nitrogen and oxygen atoms in total. The first kappa shape index (κ1) is 10.3. The van der Waals surface area contributed by atoms with E-state index in [0.717, 1.165) is 21.1 Å². The van der Waals surface area contributed by atoms with Crippen LogP contribution in [-0.4, -0.2) is 4.98 Å². The second-order valence-electron chi connectivity index (χ2n) is 3.86. The van der Waals surface area contributed by atoms with Gasteiger partial charge in [-0.2, -0.15) is 0 Å². The smallest absolute Gasteiger partial charge is 0.0781 e. The third kappa shape index (κ3) is 2.01. The molecule has 1 aromatic heterocycles. The van der Waals surface area contributed by atoms with Crippen molar-refractivity contribution in [3.8, 4) is 0 Å². The molecule has 17 heavy (non-hydrogen) atoms. The van der Waals surface area contributed by atoms with Crippen LogP contribution in [0.5, 0.6) is 0 Å². The molecule has 2 aromatic carbocycles. The number of rotatable bonds is 2. The SMILES string of the molecule is Nc1ccccc1Sc1cc2ccccc2[nH]1. The molecule has 0 unspecified atom stereocenters. The fraction of sp³-hybridized carbons (Fsp3) is 0. The molecule has 0 saturated carbocycles. The van der Waals surface area contributed by atoms with Gasteiger partial charge in [-0.25, -0.2) is 0 Å². The molecule has 0 aliphatic carbocycles. The maximum Gasteiger partial charge on any atom is 0.0781 e. The Hall–Kier alpha value is -1.87. The quantitative estimate of drug-likeness (QED) is 0.667. The van der Waals surface area contributed by atoms with Crippen LogP contribution in [0.25, 0.3) is 10.9 Å². The summed E-state index contributed by atoms with van der Waals surface area (Å²) >= 11 is 1.66. The van der Waals surface area contributed by atoms with Gasteiger partial charge in [0.15, 0.2) is 0 Å². The molecule has 0 fully saturated rings. The maximum atomic E-state index is 5.93. The average Bonchev–Trinajstić information content (AvgIpc) is 2.74. The first-order chi connectivity index (χ1) is 8.33. The fourth-order valence-electron chi connectivity index (χ4n) is 1.79. The number of benzene rings is 2. The third-order valence-electron chi connectivity index (χ3n) is 2.64. The second kappa shape index (κ2) is 4.18. The van der Waals surface area contributed by atoms with Crippen LogP contribution in [0.2, 0.25) is 0 Å². The molecular weight excluding hydrogens is 228 g/mol. The van der Waals surface area contributed by atoms with Crippen molar-refractivity contribution in [3.05, 3.63) is 54.6 Å². The van der Waals surface area contributed by atoms with Crippen LogP contribution in [0.1, 0.15) is 0 Å². The van der Waals surface area contributed by atoms with E-state index < -0.39 is 0 Å². The lowest BCUT2D eigenvalue weighted by Gasteiger charge is -2.02. The van der Waals surface area contributed by atoms with Crippen LogP contribution in [0.15, 0.2) is 64.5 Å². The zero-order valence-corrected chi connectivity index (χ0v) is 10.00. The predicted molar refractivity (Wildman–Crippen MR) is 73.3 cm³/mol. The first-order valence-electron chi connectivity index (χ1n) is 5.43. The van der Waals surface area contributed by atoms with Gasteiger partial charge in [-0.15, -0.1) is 0 Å². The minimum absolute atomic E-state index is 0.816. The van der Waals surface area contributed by atoms with Gasteiger partial charge in [0.05, 0.1) is 5.03 Å². The lowest BCUT2D eigenvalue weighted by molar-refractivity contribution is 1.23. The summed E-state index contributed by atoms with van der Waals surface area (Å²) in [6, 6.07) is 18.3. The van der Waals surface area contributed by atoms with Gasteiger partial charge in [0, 0.05) is 21.5 Å². The molecule has 1 heterocycles. The molecule has 3 heteroatoms. The van der Waals surface area contributed by atoms with Crippen molar-refractivity contribution in [1.29, 1.82) is 0 Å². The average molecular weight is 240 g/mol. The molecule has 84 valence electrons. The highest BCUT2D eigenvalue weighted by molar-refractivity contribution is 7.99. The molecular formula is C14H12N2S. The molecule has 3 N–H and O–H groups in total. The number of nitrogen functional groups attached to an aromatic ring is 1. The Morgan fingerprint density at radius 2 is 1.71 bits per heavy atom. The van der Waals surface area contributed by atoms with Gasteiger partial charge < -0.3 is 10.7 Å². The number of fused-ring (bicyclic) bond motifs is 1. The normalized spacial score (nSPS) is 10.8. The number of nitrogens with two attached hydrogens (primary N) is 1. The van der Waals surface area contributed by atoms with Crippen molar-refractivity contribution in [2.45, 2.75) is 9.92 Å². The summed E-state index contributed by atoms with van der Waals surface area (Å²) in [5.74, 6) is 0. The van der Waals surface area contributed by atoms with Crippen LogP contribution in [0, 0.1) is 0 Å². The van der Waals surface area contributed by atoms with Crippen LogP contribution in [0.4, 0.5) is 5.69 Å². The minimum atomic E-state index is 0.816. The van der Waals surface area contributed by atoms with Gasteiger partial charge >= 0.3 is 0 Å². The van der Waals surface area contributed by atoms with E-state index in [4.69, 9.17) is 5.73 Å². The highest BCUT2D eigenvalue weighted by atomic mass is 32.2. The molecule has 3 rings (SSSR count). The Balaban J connectivity index is 1.98. The van der Waals surface area contributed by atoms with E-state index in [1.807, 2.05) is 36.4 Å². The standard InChI is InChI=1S/C14H12N2S/c15-11-6-2-4-8-13(11)17-14-9-10-5-1-3-7-12(10)16-14/h1-9,16H,15H2. The van der Waals surface area contributed by atoms with Gasteiger partial charge in [0.25, 0.3) is 0 Å². The summed E-state index contributed by atoms with van der Waals surface area (Å²) in [5, 5.41) is 2.34. The highest BCUT2D eigenvalue weighted by Gasteiger charge is 2.04. The van der Waals surface area contributed by atoms with Gasteiger partial charge in [0.1, 0.15) is 0 Å². The van der Waals surface area contributed by atoms with Gasteiger partial charge in [0.2, 0.25) is 0 Å². The monoisotopic (exact) mass is 240 g/mol. The molecule has 0 saturated heterocycles. The lowest BCUT2D eigenvalue weighted by Crippen LogP contribution is -1.86. The van der Waals surface area contributed by atoms with Crippen molar-refractivity contribution < 1.29 is 0 Å². The summed E-state index contributed by atoms with van der Waals surface area (Å²) in [4.78, 5) is 4.46. The van der Waals surface area contributed by atoms with Crippen LogP contribution >= 0.6 is 11.8 Å². The largest absolute Gasteiger partial charge is 0.398 e. The summed E-state index contributed by atoms with van der Waals surface area (Å²) in [6.45, 7) is 0.